The molecule has 0 aliphatic rings. The molecule has 0 atom stereocenters. The van der Waals surface area contributed by atoms with E-state index in [1.54, 1.807) is 0 Å². The van der Waals surface area contributed by atoms with Crippen LogP contribution in [0.3, 0.4) is 0 Å². The predicted octanol–water partition coefficient (Wildman–Crippen LogP) is 1.48. The molecule has 0 unspecified atom stereocenters. The van der Waals surface area contributed by atoms with Crippen LogP contribution in [0, 0.1) is 6.92 Å². The first-order chi connectivity index (χ1) is 8.77. The Morgan fingerprint density at radius 1 is 1.39 bits per heavy atom. The van der Waals surface area contributed by atoms with Crippen molar-refractivity contribution in [3.05, 3.63) is 47.5 Å². The molecule has 5 nitrogen and oxygen atoms in total. The number of nitrogens with one attached hydrogen (secondary N) is 2. The summed E-state index contributed by atoms with van der Waals surface area (Å²) in [6, 6.07) is 7.57. The normalized spacial score (nSPS) is 10.3. The van der Waals surface area contributed by atoms with Crippen LogP contribution in [0.5, 0.6) is 0 Å². The molecule has 0 saturated carbocycles. The van der Waals surface area contributed by atoms with Crippen LogP contribution in [0.4, 0.5) is 0 Å². The van der Waals surface area contributed by atoms with E-state index < -0.39 is 0 Å². The van der Waals surface area contributed by atoms with Crippen molar-refractivity contribution in [2.24, 2.45) is 0 Å². The van der Waals surface area contributed by atoms with Gasteiger partial charge >= 0.3 is 0 Å². The SMILES string of the molecule is Cc1ccccc1C(=O)NCCCc1ncn[nH]1. The van der Waals surface area contributed by atoms with Crippen LogP contribution >= 0.6 is 0 Å². The van der Waals surface area contributed by atoms with Gasteiger partial charge in [0.15, 0.2) is 0 Å². The highest BCUT2D eigenvalue weighted by atomic mass is 16.1. The van der Waals surface area contributed by atoms with Crippen LogP contribution in [-0.2, 0) is 6.42 Å². The van der Waals surface area contributed by atoms with Gasteiger partial charge in [0.05, 0.1) is 0 Å². The second kappa shape index (κ2) is 5.95. The summed E-state index contributed by atoms with van der Waals surface area (Å²) >= 11 is 0. The standard InChI is InChI=1S/C13H16N4O/c1-10-5-2-3-6-11(10)13(18)14-8-4-7-12-15-9-16-17-12/h2-3,5-6,9H,4,7-8H2,1H3,(H,14,18)(H,15,16,17). The molecule has 5 heteroatoms. The molecule has 2 N–H and O–H groups in total. The van der Waals surface area contributed by atoms with Gasteiger partial charge in [0.2, 0.25) is 0 Å². The highest BCUT2D eigenvalue weighted by molar-refractivity contribution is 5.95. The summed E-state index contributed by atoms with van der Waals surface area (Å²) in [7, 11) is 0. The van der Waals surface area contributed by atoms with Crippen molar-refractivity contribution in [1.82, 2.24) is 20.5 Å². The van der Waals surface area contributed by atoms with Gasteiger partial charge in [-0.2, -0.15) is 5.10 Å². The number of rotatable bonds is 5. The smallest absolute Gasteiger partial charge is 0.251 e. The number of aromatic amines is 1. The molecule has 1 heterocycles. The summed E-state index contributed by atoms with van der Waals surface area (Å²) in [5.41, 5.74) is 1.72. The molecule has 2 aromatic rings. The van der Waals surface area contributed by atoms with Crippen molar-refractivity contribution in [3.63, 3.8) is 0 Å². The number of benzene rings is 1. The third-order valence-corrected chi connectivity index (χ3v) is 2.73. The Bertz CT molecular complexity index is 507. The van der Waals surface area contributed by atoms with Crippen LogP contribution in [0.1, 0.15) is 28.2 Å². The fraction of sp³-hybridized carbons (Fsp3) is 0.308. The molecular weight excluding hydrogens is 228 g/mol. The Balaban J connectivity index is 1.77. The number of nitrogens with zero attached hydrogens (tertiary/aromatic N) is 2. The molecule has 94 valence electrons. The Hall–Kier alpha value is -2.17. The molecular formula is C13H16N4O. The van der Waals surface area contributed by atoms with E-state index in [0.717, 1.165) is 29.8 Å². The molecule has 1 aromatic heterocycles. The van der Waals surface area contributed by atoms with Crippen molar-refractivity contribution < 1.29 is 4.79 Å². The second-order valence-electron chi connectivity index (χ2n) is 4.11. The van der Waals surface area contributed by atoms with E-state index >= 15 is 0 Å². The van der Waals surface area contributed by atoms with Crippen molar-refractivity contribution in [1.29, 1.82) is 0 Å². The fourth-order valence-electron chi connectivity index (χ4n) is 1.73. The van der Waals surface area contributed by atoms with Gasteiger partial charge in [-0.3, -0.25) is 9.89 Å². The third kappa shape index (κ3) is 3.16. The number of carbonyl (C=O) groups excluding carboxylic acids is 1. The maximum atomic E-state index is 11.9. The first-order valence-corrected chi connectivity index (χ1v) is 5.95. The lowest BCUT2D eigenvalue weighted by atomic mass is 10.1. The number of aromatic nitrogens is 3. The molecule has 0 bridgehead atoms. The molecule has 0 aliphatic carbocycles. The summed E-state index contributed by atoms with van der Waals surface area (Å²) in [6.45, 7) is 2.57. The van der Waals surface area contributed by atoms with E-state index in [1.807, 2.05) is 31.2 Å². The number of H-pyrrole nitrogens is 1. The van der Waals surface area contributed by atoms with Gasteiger partial charge in [0.1, 0.15) is 12.2 Å². The van der Waals surface area contributed by atoms with Crippen molar-refractivity contribution in [2.75, 3.05) is 6.54 Å². The molecule has 1 aromatic carbocycles. The number of amides is 1. The maximum Gasteiger partial charge on any atom is 0.251 e. The first-order valence-electron chi connectivity index (χ1n) is 5.95. The summed E-state index contributed by atoms with van der Waals surface area (Å²) in [6.07, 6.45) is 3.11. The van der Waals surface area contributed by atoms with Crippen molar-refractivity contribution >= 4 is 5.91 Å². The van der Waals surface area contributed by atoms with Gasteiger partial charge in [0, 0.05) is 18.5 Å². The van der Waals surface area contributed by atoms with E-state index in [-0.39, 0.29) is 5.91 Å². The lowest BCUT2D eigenvalue weighted by Crippen LogP contribution is -2.25. The molecule has 0 spiro atoms. The van der Waals surface area contributed by atoms with E-state index in [2.05, 4.69) is 20.5 Å². The quantitative estimate of drug-likeness (QED) is 0.782. The van der Waals surface area contributed by atoms with Crippen molar-refractivity contribution in [2.45, 2.75) is 19.8 Å². The van der Waals surface area contributed by atoms with E-state index in [0.29, 0.717) is 6.54 Å². The molecule has 0 radical (unpaired) electrons. The fourth-order valence-corrected chi connectivity index (χ4v) is 1.73. The van der Waals surface area contributed by atoms with Gasteiger partial charge in [-0.05, 0) is 25.0 Å². The van der Waals surface area contributed by atoms with Crippen LogP contribution in [0.15, 0.2) is 30.6 Å². The Morgan fingerprint density at radius 2 is 2.22 bits per heavy atom. The number of aryl methyl sites for hydroxylation is 2. The van der Waals surface area contributed by atoms with Gasteiger partial charge in [-0.15, -0.1) is 0 Å². The number of carbonyl (C=O) groups is 1. The summed E-state index contributed by atoms with van der Waals surface area (Å²) in [5, 5.41) is 9.47. The van der Waals surface area contributed by atoms with Crippen LogP contribution in [-0.4, -0.2) is 27.6 Å². The summed E-state index contributed by atoms with van der Waals surface area (Å²) in [5.74, 6) is 0.825. The van der Waals surface area contributed by atoms with E-state index in [9.17, 15) is 4.79 Å². The number of hydrogen-bond donors (Lipinski definition) is 2. The number of hydrogen-bond acceptors (Lipinski definition) is 3. The maximum absolute atomic E-state index is 11.9. The predicted molar refractivity (Wildman–Crippen MR) is 68.2 cm³/mol. The highest BCUT2D eigenvalue weighted by Gasteiger charge is 2.06. The average molecular weight is 244 g/mol. The minimum atomic E-state index is -0.0225. The van der Waals surface area contributed by atoms with Gasteiger partial charge in [0.25, 0.3) is 5.91 Å². The molecule has 2 rings (SSSR count). The summed E-state index contributed by atoms with van der Waals surface area (Å²) in [4.78, 5) is 15.9. The van der Waals surface area contributed by atoms with Crippen LogP contribution in [0.25, 0.3) is 0 Å². The molecule has 18 heavy (non-hydrogen) atoms. The minimum Gasteiger partial charge on any atom is -0.352 e. The first kappa shape index (κ1) is 12.3. The van der Waals surface area contributed by atoms with E-state index in [1.165, 1.54) is 6.33 Å². The van der Waals surface area contributed by atoms with Gasteiger partial charge in [-0.25, -0.2) is 4.98 Å². The van der Waals surface area contributed by atoms with E-state index in [4.69, 9.17) is 0 Å². The Labute approximate surface area is 106 Å². The van der Waals surface area contributed by atoms with Gasteiger partial charge in [-0.1, -0.05) is 18.2 Å². The van der Waals surface area contributed by atoms with Crippen molar-refractivity contribution in [3.8, 4) is 0 Å². The van der Waals surface area contributed by atoms with Crippen LogP contribution in [0.2, 0.25) is 0 Å². The lowest BCUT2D eigenvalue weighted by molar-refractivity contribution is 0.0952. The molecule has 0 saturated heterocycles. The summed E-state index contributed by atoms with van der Waals surface area (Å²) < 4.78 is 0. The highest BCUT2D eigenvalue weighted by Crippen LogP contribution is 2.06. The van der Waals surface area contributed by atoms with Gasteiger partial charge < -0.3 is 5.32 Å². The second-order valence-corrected chi connectivity index (χ2v) is 4.11. The third-order valence-electron chi connectivity index (χ3n) is 2.73. The largest absolute Gasteiger partial charge is 0.352 e. The zero-order valence-corrected chi connectivity index (χ0v) is 10.3. The average Bonchev–Trinajstić information content (AvgIpc) is 2.88. The Morgan fingerprint density at radius 3 is 2.94 bits per heavy atom. The topological polar surface area (TPSA) is 70.7 Å². The molecule has 1 amide bonds. The molecule has 0 fully saturated rings. The minimum absolute atomic E-state index is 0.0225. The zero-order valence-electron chi connectivity index (χ0n) is 10.3. The van der Waals surface area contributed by atoms with Crippen LogP contribution < -0.4 is 5.32 Å². The monoisotopic (exact) mass is 244 g/mol. The lowest BCUT2D eigenvalue weighted by Gasteiger charge is -2.06. The molecule has 0 aliphatic heterocycles. The zero-order chi connectivity index (χ0) is 12.8. The Kier molecular flexibility index (Phi) is 4.06.